The summed E-state index contributed by atoms with van der Waals surface area (Å²) >= 11 is 0. The zero-order valence-corrected chi connectivity index (χ0v) is 13.2. The van der Waals surface area contributed by atoms with Crippen molar-refractivity contribution in [1.29, 1.82) is 0 Å². The molecule has 0 unspecified atom stereocenters. The smallest absolute Gasteiger partial charge is 0.371 e. The molecule has 0 aliphatic rings. The van der Waals surface area contributed by atoms with Gasteiger partial charge in [-0.2, -0.15) is 65.9 Å². The van der Waals surface area contributed by atoms with Crippen LogP contribution in [0.1, 0.15) is 6.92 Å². The van der Waals surface area contributed by atoms with Crippen LogP contribution >= 0.6 is 0 Å². The summed E-state index contributed by atoms with van der Waals surface area (Å²) in [6.45, 7) is 0.209. The summed E-state index contributed by atoms with van der Waals surface area (Å²) in [5.41, 5.74) is -0.174. The Morgan fingerprint density at radius 1 is 0.607 bits per heavy atom. The molecule has 1 nitrogen and oxygen atoms in total. The predicted molar refractivity (Wildman–Crippen MR) is 61.4 cm³/mol. The fourth-order valence-electron chi connectivity index (χ4n) is 1.44. The number of hydrogen-bond acceptors (Lipinski definition) is 1. The van der Waals surface area contributed by atoms with Gasteiger partial charge in [-0.15, -0.1) is 0 Å². The fourth-order valence-corrected chi connectivity index (χ4v) is 1.44. The van der Waals surface area contributed by atoms with Crippen molar-refractivity contribution < 1.29 is 70.6 Å². The van der Waals surface area contributed by atoms with Gasteiger partial charge in [0, 0.05) is 0 Å². The second-order valence-corrected chi connectivity index (χ2v) is 5.52. The zero-order chi connectivity index (χ0) is 23.2. The lowest BCUT2D eigenvalue weighted by Gasteiger charge is -2.41. The Labute approximate surface area is 146 Å². The largest absolute Gasteiger partial charge is 0.460 e. The van der Waals surface area contributed by atoms with Gasteiger partial charge in [-0.1, -0.05) is 12.2 Å². The van der Waals surface area contributed by atoms with Crippen molar-refractivity contribution >= 4 is 0 Å². The minimum Gasteiger partial charge on any atom is -0.371 e. The molecule has 28 heavy (non-hydrogen) atoms. The Kier molecular flexibility index (Phi) is 6.82. The molecule has 0 aromatic rings. The highest BCUT2D eigenvalue weighted by Crippen LogP contribution is 2.62. The normalized spacial score (nSPS) is 15.7. The van der Waals surface area contributed by atoms with E-state index in [2.05, 4.69) is 11.3 Å². The first-order valence-corrected chi connectivity index (χ1v) is 6.47. The molecule has 0 bridgehead atoms. The van der Waals surface area contributed by atoms with Crippen molar-refractivity contribution in [2.24, 2.45) is 0 Å². The first-order chi connectivity index (χ1) is 11.9. The van der Waals surface area contributed by atoms with E-state index in [-0.39, 0.29) is 5.57 Å². The highest BCUT2D eigenvalue weighted by molar-refractivity contribution is 5.13. The lowest BCUT2D eigenvalue weighted by atomic mass is 9.91. The average molecular weight is 454 g/mol. The summed E-state index contributed by atoms with van der Waals surface area (Å²) in [4.78, 5) is 0. The molecular weight excluding hydrogens is 445 g/mol. The first-order valence-electron chi connectivity index (χ1n) is 6.47. The minimum atomic E-state index is -8.28. The molecule has 0 amide bonds. The molecule has 0 radical (unpaired) electrons. The highest BCUT2D eigenvalue weighted by atomic mass is 19.4. The first kappa shape index (κ1) is 26.6. The van der Waals surface area contributed by atoms with E-state index in [1.807, 2.05) is 0 Å². The fraction of sp³-hybridized carbons (Fsp3) is 0.833. The second kappa shape index (κ2) is 7.16. The summed E-state index contributed by atoms with van der Waals surface area (Å²) in [5, 5.41) is 0. The van der Waals surface area contributed by atoms with Crippen LogP contribution in [0.2, 0.25) is 0 Å². The van der Waals surface area contributed by atoms with E-state index in [4.69, 9.17) is 0 Å². The molecule has 0 aromatic carbocycles. The van der Waals surface area contributed by atoms with Crippen LogP contribution in [0.15, 0.2) is 12.2 Å². The summed E-state index contributed by atoms with van der Waals surface area (Å²) in [6, 6.07) is 0. The van der Waals surface area contributed by atoms with Gasteiger partial charge < -0.3 is 4.74 Å². The average Bonchev–Trinajstić information content (AvgIpc) is 2.44. The van der Waals surface area contributed by atoms with Gasteiger partial charge in [0.1, 0.15) is 6.61 Å². The van der Waals surface area contributed by atoms with Gasteiger partial charge in [0.15, 0.2) is 0 Å². The lowest BCUT2D eigenvalue weighted by molar-refractivity contribution is -0.453. The molecule has 168 valence electrons. The summed E-state index contributed by atoms with van der Waals surface area (Å²) in [6.07, 6.45) is -7.61. The minimum absolute atomic E-state index is 0.174. The molecule has 0 heterocycles. The van der Waals surface area contributed by atoms with E-state index < -0.39 is 54.9 Å². The van der Waals surface area contributed by atoms with Crippen LogP contribution in [-0.2, 0) is 4.74 Å². The Morgan fingerprint density at radius 3 is 1.25 bits per heavy atom. The molecule has 0 saturated carbocycles. The van der Waals surface area contributed by atoms with Gasteiger partial charge in [-0.05, 0) is 6.92 Å². The maximum atomic E-state index is 13.3. The van der Waals surface area contributed by atoms with Crippen molar-refractivity contribution in [3.05, 3.63) is 12.2 Å². The summed E-state index contributed by atoms with van der Waals surface area (Å²) in [5.74, 6) is -46.5. The van der Waals surface area contributed by atoms with Crippen molar-refractivity contribution in [3.63, 3.8) is 0 Å². The maximum absolute atomic E-state index is 13.3. The van der Waals surface area contributed by atoms with E-state index >= 15 is 0 Å². The van der Waals surface area contributed by atoms with Crippen LogP contribution < -0.4 is 0 Å². The van der Waals surface area contributed by atoms with Crippen LogP contribution in [0.3, 0.4) is 0 Å². The van der Waals surface area contributed by atoms with E-state index in [0.717, 1.165) is 6.92 Å². The maximum Gasteiger partial charge on any atom is 0.460 e. The lowest BCUT2D eigenvalue weighted by Crippen LogP contribution is -2.73. The number of halogens is 15. The molecule has 0 aliphatic carbocycles. The monoisotopic (exact) mass is 454 g/mol. The SMILES string of the molecule is C=C(C)COCC(F)(F)C(F)(F)C(F)(F)C(F)(F)C(F)(F)C(F)(F)C(F)(F)F. The Hall–Kier alpha value is -1.35. The Morgan fingerprint density at radius 2 is 0.929 bits per heavy atom. The van der Waals surface area contributed by atoms with Gasteiger partial charge in [-0.3, -0.25) is 0 Å². The number of ether oxygens (including phenoxy) is 1. The standard InChI is InChI=1S/C12H9F15O/c1-5(2)3-28-4-6(13,14)7(15,16)8(17,18)9(19,20)10(21,22)11(23,24)12(25,26)27/h1,3-4H2,2H3. The van der Waals surface area contributed by atoms with E-state index in [1.165, 1.54) is 0 Å². The summed E-state index contributed by atoms with van der Waals surface area (Å²) in [7, 11) is 0. The second-order valence-electron chi connectivity index (χ2n) is 5.52. The molecule has 0 saturated heterocycles. The molecule has 16 heteroatoms. The van der Waals surface area contributed by atoms with Crippen molar-refractivity contribution in [1.82, 2.24) is 0 Å². The van der Waals surface area contributed by atoms with Crippen LogP contribution in [0, 0.1) is 0 Å². The molecule has 0 spiro atoms. The topological polar surface area (TPSA) is 9.23 Å². The third kappa shape index (κ3) is 3.87. The van der Waals surface area contributed by atoms with Gasteiger partial charge in [0.05, 0.1) is 6.61 Å². The third-order valence-corrected chi connectivity index (χ3v) is 3.02. The number of alkyl halides is 15. The molecule has 0 aliphatic heterocycles. The van der Waals surface area contributed by atoms with Crippen molar-refractivity contribution in [3.8, 4) is 0 Å². The van der Waals surface area contributed by atoms with Crippen molar-refractivity contribution in [2.75, 3.05) is 13.2 Å². The molecule has 0 atom stereocenters. The third-order valence-electron chi connectivity index (χ3n) is 3.02. The van der Waals surface area contributed by atoms with Crippen LogP contribution in [0.5, 0.6) is 0 Å². The molecule has 0 fully saturated rings. The Balaban J connectivity index is 6.20. The molecule has 0 N–H and O–H groups in total. The van der Waals surface area contributed by atoms with Crippen LogP contribution in [0.25, 0.3) is 0 Å². The van der Waals surface area contributed by atoms with E-state index in [0.29, 0.717) is 0 Å². The molecule has 0 rings (SSSR count). The number of rotatable bonds is 9. The summed E-state index contributed by atoms with van der Waals surface area (Å²) < 4.78 is 196. The van der Waals surface area contributed by atoms with Gasteiger partial charge in [0.25, 0.3) is 0 Å². The van der Waals surface area contributed by atoms with Crippen LogP contribution in [0.4, 0.5) is 65.9 Å². The van der Waals surface area contributed by atoms with Gasteiger partial charge in [0.2, 0.25) is 0 Å². The van der Waals surface area contributed by atoms with Crippen LogP contribution in [-0.4, -0.2) is 54.9 Å². The molecular formula is C12H9F15O. The van der Waals surface area contributed by atoms with Gasteiger partial charge in [-0.25, -0.2) is 0 Å². The predicted octanol–water partition coefficient (Wildman–Crippen LogP) is 5.95. The van der Waals surface area contributed by atoms with Gasteiger partial charge >= 0.3 is 41.7 Å². The Bertz CT molecular complexity index is 574. The van der Waals surface area contributed by atoms with E-state index in [1.54, 1.807) is 0 Å². The quantitative estimate of drug-likeness (QED) is 0.309. The highest BCUT2D eigenvalue weighted by Gasteiger charge is 2.93. The van der Waals surface area contributed by atoms with Crippen molar-refractivity contribution in [2.45, 2.75) is 48.6 Å². The zero-order valence-electron chi connectivity index (χ0n) is 13.2. The number of hydrogen-bond donors (Lipinski definition) is 0. The molecule has 0 aromatic heterocycles. The van der Waals surface area contributed by atoms with E-state index in [9.17, 15) is 65.9 Å².